The summed E-state index contributed by atoms with van der Waals surface area (Å²) in [7, 11) is 0. The van der Waals surface area contributed by atoms with Gasteiger partial charge in [-0.1, -0.05) is 0 Å². The van der Waals surface area contributed by atoms with Gasteiger partial charge in [0.25, 0.3) is 0 Å². The van der Waals surface area contributed by atoms with Gasteiger partial charge in [0.2, 0.25) is 0 Å². The molecular formula is C16H26N2O2. The molecule has 0 radical (unpaired) electrons. The van der Waals surface area contributed by atoms with Crippen molar-refractivity contribution in [2.75, 3.05) is 19.6 Å². The number of nitrogens with zero attached hydrogens (tertiary/aromatic N) is 1. The molecule has 3 N–H and O–H groups in total. The van der Waals surface area contributed by atoms with Crippen LogP contribution in [0.1, 0.15) is 38.8 Å². The lowest BCUT2D eigenvalue weighted by Crippen LogP contribution is -2.31. The van der Waals surface area contributed by atoms with Gasteiger partial charge in [0.05, 0.1) is 0 Å². The quantitative estimate of drug-likeness (QED) is 0.724. The molecule has 4 heteroatoms. The zero-order chi connectivity index (χ0) is 14.7. The summed E-state index contributed by atoms with van der Waals surface area (Å²) < 4.78 is 0. The number of nitrogens with one attached hydrogen (secondary N) is 1. The van der Waals surface area contributed by atoms with E-state index in [-0.39, 0.29) is 17.5 Å². The van der Waals surface area contributed by atoms with Crippen molar-refractivity contribution < 1.29 is 10.2 Å². The topological polar surface area (TPSA) is 55.7 Å². The van der Waals surface area contributed by atoms with Crippen molar-refractivity contribution in [3.63, 3.8) is 0 Å². The fourth-order valence-corrected chi connectivity index (χ4v) is 2.84. The molecule has 1 aliphatic rings. The number of benzene rings is 1. The number of phenols is 2. The van der Waals surface area contributed by atoms with E-state index in [9.17, 15) is 10.2 Å². The Morgan fingerprint density at radius 1 is 1.30 bits per heavy atom. The Morgan fingerprint density at radius 3 is 2.70 bits per heavy atom. The molecule has 0 spiro atoms. The second-order valence-corrected chi connectivity index (χ2v) is 6.12. The molecular weight excluding hydrogens is 252 g/mol. The second-order valence-electron chi connectivity index (χ2n) is 6.12. The van der Waals surface area contributed by atoms with Gasteiger partial charge in [-0.3, -0.25) is 0 Å². The lowest BCUT2D eigenvalue weighted by Gasteiger charge is -2.21. The van der Waals surface area contributed by atoms with E-state index in [0.29, 0.717) is 12.0 Å². The largest absolute Gasteiger partial charge is 0.508 e. The second kappa shape index (κ2) is 6.46. The number of hydrogen-bond donors (Lipinski definition) is 3. The predicted molar refractivity (Wildman–Crippen MR) is 81.0 cm³/mol. The van der Waals surface area contributed by atoms with Gasteiger partial charge in [-0.05, 0) is 64.4 Å². The van der Waals surface area contributed by atoms with Crippen LogP contribution in [0.4, 0.5) is 0 Å². The molecule has 0 bridgehead atoms. The lowest BCUT2D eigenvalue weighted by molar-refractivity contribution is 0.263. The summed E-state index contributed by atoms with van der Waals surface area (Å²) in [6, 6.07) is 5.33. The maximum Gasteiger partial charge on any atom is 0.120 e. The SMILES string of the molecule is CC(NCC1CCN(C(C)C)C1)c1cc(O)ccc1O. The molecule has 4 nitrogen and oxygen atoms in total. The number of rotatable bonds is 5. The maximum absolute atomic E-state index is 9.85. The van der Waals surface area contributed by atoms with E-state index in [0.717, 1.165) is 18.7 Å². The fraction of sp³-hybridized carbons (Fsp3) is 0.625. The van der Waals surface area contributed by atoms with Crippen LogP contribution < -0.4 is 5.32 Å². The van der Waals surface area contributed by atoms with Crippen molar-refractivity contribution in [1.82, 2.24) is 10.2 Å². The minimum atomic E-state index is 0.0372. The average molecular weight is 278 g/mol. The first kappa shape index (κ1) is 15.1. The summed E-state index contributed by atoms with van der Waals surface area (Å²) in [5.41, 5.74) is 0.753. The lowest BCUT2D eigenvalue weighted by atomic mass is 10.0. The van der Waals surface area contributed by atoms with E-state index in [1.165, 1.54) is 19.0 Å². The van der Waals surface area contributed by atoms with Crippen LogP contribution in [-0.2, 0) is 0 Å². The molecule has 112 valence electrons. The van der Waals surface area contributed by atoms with Gasteiger partial charge in [0.1, 0.15) is 11.5 Å². The van der Waals surface area contributed by atoms with Crippen molar-refractivity contribution in [3.05, 3.63) is 23.8 Å². The zero-order valence-electron chi connectivity index (χ0n) is 12.6. The van der Waals surface area contributed by atoms with Gasteiger partial charge in [0.15, 0.2) is 0 Å². The van der Waals surface area contributed by atoms with Gasteiger partial charge in [-0.15, -0.1) is 0 Å². The Labute approximate surface area is 121 Å². The first-order chi connectivity index (χ1) is 9.47. The van der Waals surface area contributed by atoms with Crippen molar-refractivity contribution in [2.24, 2.45) is 5.92 Å². The van der Waals surface area contributed by atoms with Crippen LogP contribution in [0.5, 0.6) is 11.5 Å². The highest BCUT2D eigenvalue weighted by molar-refractivity contribution is 5.40. The van der Waals surface area contributed by atoms with E-state index >= 15 is 0 Å². The highest BCUT2D eigenvalue weighted by atomic mass is 16.3. The Bertz CT molecular complexity index is 448. The number of aromatic hydroxyl groups is 2. The summed E-state index contributed by atoms with van der Waals surface area (Å²) in [6.07, 6.45) is 1.23. The molecule has 0 amide bonds. The Kier molecular flexibility index (Phi) is 4.89. The normalized spacial score (nSPS) is 21.5. The van der Waals surface area contributed by atoms with Crippen molar-refractivity contribution in [3.8, 4) is 11.5 Å². The fourth-order valence-electron chi connectivity index (χ4n) is 2.84. The standard InChI is InChI=1S/C16H26N2O2/c1-11(2)18-7-6-13(10-18)9-17-12(3)15-8-14(19)4-5-16(15)20/h4-5,8,11-13,17,19-20H,6-7,9-10H2,1-3H3. The first-order valence-corrected chi connectivity index (χ1v) is 7.46. The molecule has 20 heavy (non-hydrogen) atoms. The van der Waals surface area contributed by atoms with Crippen LogP contribution in [0, 0.1) is 5.92 Å². The van der Waals surface area contributed by atoms with Crippen LogP contribution >= 0.6 is 0 Å². The van der Waals surface area contributed by atoms with E-state index in [4.69, 9.17) is 0 Å². The highest BCUT2D eigenvalue weighted by Crippen LogP contribution is 2.28. The molecule has 0 aromatic heterocycles. The summed E-state index contributed by atoms with van der Waals surface area (Å²) in [5, 5.41) is 22.8. The predicted octanol–water partition coefficient (Wildman–Crippen LogP) is 2.48. The van der Waals surface area contributed by atoms with E-state index in [2.05, 4.69) is 24.1 Å². The number of hydrogen-bond acceptors (Lipinski definition) is 4. The molecule has 1 heterocycles. The molecule has 2 rings (SSSR count). The summed E-state index contributed by atoms with van der Waals surface area (Å²) >= 11 is 0. The van der Waals surface area contributed by atoms with E-state index in [1.54, 1.807) is 12.1 Å². The van der Waals surface area contributed by atoms with Crippen molar-refractivity contribution >= 4 is 0 Å². The smallest absolute Gasteiger partial charge is 0.120 e. The molecule has 2 unspecified atom stereocenters. The molecule has 0 saturated carbocycles. The Morgan fingerprint density at radius 2 is 2.05 bits per heavy atom. The molecule has 1 aromatic carbocycles. The summed E-state index contributed by atoms with van der Waals surface area (Å²) in [4.78, 5) is 2.50. The highest BCUT2D eigenvalue weighted by Gasteiger charge is 2.24. The van der Waals surface area contributed by atoms with Gasteiger partial charge in [0, 0.05) is 24.2 Å². The zero-order valence-corrected chi connectivity index (χ0v) is 12.6. The summed E-state index contributed by atoms with van der Waals surface area (Å²) in [5.74, 6) is 1.09. The average Bonchev–Trinajstić information content (AvgIpc) is 2.88. The van der Waals surface area contributed by atoms with Crippen molar-refractivity contribution in [1.29, 1.82) is 0 Å². The third-order valence-electron chi connectivity index (χ3n) is 4.24. The molecule has 2 atom stereocenters. The molecule has 1 aromatic rings. The summed E-state index contributed by atoms with van der Waals surface area (Å²) in [6.45, 7) is 9.76. The van der Waals surface area contributed by atoms with Crippen molar-refractivity contribution in [2.45, 2.75) is 39.3 Å². The van der Waals surface area contributed by atoms with Gasteiger partial charge >= 0.3 is 0 Å². The van der Waals surface area contributed by atoms with E-state index < -0.39 is 0 Å². The molecule has 1 saturated heterocycles. The van der Waals surface area contributed by atoms with Crippen LogP contribution in [0.15, 0.2) is 18.2 Å². The minimum Gasteiger partial charge on any atom is -0.508 e. The maximum atomic E-state index is 9.85. The first-order valence-electron chi connectivity index (χ1n) is 7.46. The van der Waals surface area contributed by atoms with Crippen LogP contribution in [-0.4, -0.2) is 40.8 Å². The number of phenolic OH excluding ortho intramolecular Hbond substituents is 2. The third-order valence-corrected chi connectivity index (χ3v) is 4.24. The third kappa shape index (κ3) is 3.64. The van der Waals surface area contributed by atoms with Gasteiger partial charge in [-0.25, -0.2) is 0 Å². The molecule has 1 aliphatic heterocycles. The van der Waals surface area contributed by atoms with Gasteiger partial charge < -0.3 is 20.4 Å². The van der Waals surface area contributed by atoms with Crippen LogP contribution in [0.3, 0.4) is 0 Å². The minimum absolute atomic E-state index is 0.0372. The molecule has 1 fully saturated rings. The van der Waals surface area contributed by atoms with E-state index in [1.807, 2.05) is 6.92 Å². The molecule has 0 aliphatic carbocycles. The Balaban J connectivity index is 1.86. The number of likely N-dealkylation sites (tertiary alicyclic amines) is 1. The Hall–Kier alpha value is -1.26. The van der Waals surface area contributed by atoms with Crippen LogP contribution in [0.25, 0.3) is 0 Å². The van der Waals surface area contributed by atoms with Gasteiger partial charge in [-0.2, -0.15) is 0 Å². The monoisotopic (exact) mass is 278 g/mol. The van der Waals surface area contributed by atoms with Crippen LogP contribution in [0.2, 0.25) is 0 Å².